The lowest BCUT2D eigenvalue weighted by molar-refractivity contribution is 0.0355. The van der Waals surface area contributed by atoms with E-state index in [-0.39, 0.29) is 11.8 Å². The first-order chi connectivity index (χ1) is 9.40. The van der Waals surface area contributed by atoms with Crippen LogP contribution < -0.4 is 0 Å². The Morgan fingerprint density at radius 2 is 1.70 bits per heavy atom. The Morgan fingerprint density at radius 1 is 1.20 bits per heavy atom. The van der Waals surface area contributed by atoms with Crippen LogP contribution in [-0.4, -0.2) is 53.8 Å². The Kier molecular flexibility index (Phi) is 4.99. The van der Waals surface area contributed by atoms with E-state index in [1.807, 2.05) is 31.2 Å². The second kappa shape index (κ2) is 6.37. The van der Waals surface area contributed by atoms with Gasteiger partial charge in [-0.05, 0) is 40.0 Å². The van der Waals surface area contributed by atoms with Gasteiger partial charge in [-0.25, -0.2) is 0 Å². The van der Waals surface area contributed by atoms with Crippen LogP contribution in [0, 0.1) is 0 Å². The van der Waals surface area contributed by atoms with Crippen molar-refractivity contribution in [3.63, 3.8) is 0 Å². The zero-order chi connectivity index (χ0) is 14.9. The van der Waals surface area contributed by atoms with Crippen molar-refractivity contribution in [3.8, 4) is 0 Å². The molecule has 3 unspecified atom stereocenters. The number of piperazine rings is 1. The third kappa shape index (κ3) is 3.30. The molecule has 0 radical (unpaired) electrons. The number of rotatable bonds is 3. The van der Waals surface area contributed by atoms with Gasteiger partial charge in [0.1, 0.15) is 0 Å². The standard InChI is InChI=1S/C16H23BrN2O/c1-11-9-19(10-12(2)18(11)4)13(3)16(20)14-5-7-15(17)8-6-14/h5-8,11-13H,9-10H2,1-4H3. The van der Waals surface area contributed by atoms with Crippen molar-refractivity contribution in [2.45, 2.75) is 38.9 Å². The van der Waals surface area contributed by atoms with Gasteiger partial charge in [0.15, 0.2) is 5.78 Å². The predicted molar refractivity (Wildman–Crippen MR) is 86.2 cm³/mol. The summed E-state index contributed by atoms with van der Waals surface area (Å²) in [6.45, 7) is 8.36. The minimum atomic E-state index is -0.0604. The molecule has 0 spiro atoms. The van der Waals surface area contributed by atoms with E-state index in [1.54, 1.807) is 0 Å². The van der Waals surface area contributed by atoms with Gasteiger partial charge in [-0.3, -0.25) is 14.6 Å². The number of carbonyl (C=O) groups excluding carboxylic acids is 1. The van der Waals surface area contributed by atoms with E-state index in [4.69, 9.17) is 0 Å². The summed E-state index contributed by atoms with van der Waals surface area (Å²) in [4.78, 5) is 17.3. The van der Waals surface area contributed by atoms with Crippen molar-refractivity contribution in [1.82, 2.24) is 9.80 Å². The van der Waals surface area contributed by atoms with Gasteiger partial charge >= 0.3 is 0 Å². The third-order valence-corrected chi connectivity index (χ3v) is 4.97. The molecule has 20 heavy (non-hydrogen) atoms. The van der Waals surface area contributed by atoms with Gasteiger partial charge < -0.3 is 0 Å². The molecule has 1 heterocycles. The van der Waals surface area contributed by atoms with Gasteiger partial charge in [-0.15, -0.1) is 0 Å². The zero-order valence-electron chi connectivity index (χ0n) is 12.6. The summed E-state index contributed by atoms with van der Waals surface area (Å²) in [5, 5.41) is 0. The Morgan fingerprint density at radius 3 is 2.20 bits per heavy atom. The number of halogens is 1. The molecule has 0 N–H and O–H groups in total. The first-order valence-electron chi connectivity index (χ1n) is 7.16. The minimum absolute atomic E-state index is 0.0604. The largest absolute Gasteiger partial charge is 0.298 e. The number of hydrogen-bond acceptors (Lipinski definition) is 3. The Balaban J connectivity index is 2.09. The van der Waals surface area contributed by atoms with E-state index in [0.29, 0.717) is 12.1 Å². The predicted octanol–water partition coefficient (Wildman–Crippen LogP) is 3.04. The van der Waals surface area contributed by atoms with E-state index in [2.05, 4.69) is 46.6 Å². The van der Waals surface area contributed by atoms with Crippen molar-refractivity contribution >= 4 is 21.7 Å². The monoisotopic (exact) mass is 338 g/mol. The molecule has 0 bridgehead atoms. The fourth-order valence-electron chi connectivity index (χ4n) is 2.78. The summed E-state index contributed by atoms with van der Waals surface area (Å²) in [5.41, 5.74) is 0.792. The van der Waals surface area contributed by atoms with Crippen LogP contribution in [0.25, 0.3) is 0 Å². The van der Waals surface area contributed by atoms with Crippen molar-refractivity contribution in [1.29, 1.82) is 0 Å². The summed E-state index contributed by atoms with van der Waals surface area (Å²) in [6, 6.07) is 8.55. The highest BCUT2D eigenvalue weighted by Gasteiger charge is 2.31. The molecule has 1 aromatic rings. The van der Waals surface area contributed by atoms with Gasteiger partial charge in [-0.2, -0.15) is 0 Å². The highest BCUT2D eigenvalue weighted by Crippen LogP contribution is 2.19. The summed E-state index contributed by atoms with van der Waals surface area (Å²) >= 11 is 3.40. The maximum absolute atomic E-state index is 12.6. The van der Waals surface area contributed by atoms with Crippen LogP contribution in [0.3, 0.4) is 0 Å². The van der Waals surface area contributed by atoms with Gasteiger partial charge in [0.2, 0.25) is 0 Å². The van der Waals surface area contributed by atoms with Gasteiger partial charge in [0.25, 0.3) is 0 Å². The Bertz CT molecular complexity index is 462. The molecule has 4 heteroatoms. The molecule has 1 aromatic carbocycles. The summed E-state index contributed by atoms with van der Waals surface area (Å²) in [7, 11) is 2.16. The van der Waals surface area contributed by atoms with Crippen LogP contribution in [0.2, 0.25) is 0 Å². The van der Waals surface area contributed by atoms with Crippen LogP contribution in [0.1, 0.15) is 31.1 Å². The van der Waals surface area contributed by atoms with Gasteiger partial charge in [0.05, 0.1) is 6.04 Å². The van der Waals surface area contributed by atoms with E-state index in [1.165, 1.54) is 0 Å². The second-order valence-corrected chi connectivity index (χ2v) is 6.78. The Labute approximate surface area is 130 Å². The Hall–Kier alpha value is -0.710. The molecule has 1 fully saturated rings. The number of nitrogens with zero attached hydrogens (tertiary/aromatic N) is 2. The first-order valence-corrected chi connectivity index (χ1v) is 7.95. The van der Waals surface area contributed by atoms with Crippen molar-refractivity contribution < 1.29 is 4.79 Å². The molecule has 1 saturated heterocycles. The maximum Gasteiger partial charge on any atom is 0.179 e. The third-order valence-electron chi connectivity index (χ3n) is 4.44. The molecule has 3 atom stereocenters. The van der Waals surface area contributed by atoms with Crippen molar-refractivity contribution in [2.75, 3.05) is 20.1 Å². The van der Waals surface area contributed by atoms with Crippen molar-refractivity contribution in [2.24, 2.45) is 0 Å². The lowest BCUT2D eigenvalue weighted by Crippen LogP contribution is -2.58. The number of carbonyl (C=O) groups is 1. The molecular formula is C16H23BrN2O. The van der Waals surface area contributed by atoms with E-state index < -0.39 is 0 Å². The fourth-order valence-corrected chi connectivity index (χ4v) is 3.05. The van der Waals surface area contributed by atoms with Crippen molar-refractivity contribution in [3.05, 3.63) is 34.3 Å². The van der Waals surface area contributed by atoms with Gasteiger partial charge in [-0.1, -0.05) is 28.1 Å². The highest BCUT2D eigenvalue weighted by atomic mass is 79.9. The SMILES string of the molecule is CC(C(=O)c1ccc(Br)cc1)N1CC(C)N(C)C(C)C1. The lowest BCUT2D eigenvalue weighted by atomic mass is 10.0. The average molecular weight is 339 g/mol. The second-order valence-electron chi connectivity index (χ2n) is 5.86. The fraction of sp³-hybridized carbons (Fsp3) is 0.562. The molecule has 3 nitrogen and oxygen atoms in total. The molecule has 1 aliphatic rings. The summed E-state index contributed by atoms with van der Waals surface area (Å²) in [5.74, 6) is 0.210. The lowest BCUT2D eigenvalue weighted by Gasteiger charge is -2.44. The zero-order valence-corrected chi connectivity index (χ0v) is 14.2. The summed E-state index contributed by atoms with van der Waals surface area (Å²) in [6.07, 6.45) is 0. The molecule has 110 valence electrons. The van der Waals surface area contributed by atoms with Crippen LogP contribution >= 0.6 is 15.9 Å². The topological polar surface area (TPSA) is 23.6 Å². The quantitative estimate of drug-likeness (QED) is 0.791. The van der Waals surface area contributed by atoms with E-state index >= 15 is 0 Å². The average Bonchev–Trinajstić information content (AvgIpc) is 2.43. The molecule has 0 aromatic heterocycles. The highest BCUT2D eigenvalue weighted by molar-refractivity contribution is 9.10. The molecule has 1 aliphatic heterocycles. The number of likely N-dealkylation sites (N-methyl/N-ethyl adjacent to an activating group) is 1. The molecule has 0 aliphatic carbocycles. The molecule has 2 rings (SSSR count). The normalized spacial score (nSPS) is 26.4. The van der Waals surface area contributed by atoms with Crippen LogP contribution in [0.4, 0.5) is 0 Å². The van der Waals surface area contributed by atoms with Crippen LogP contribution in [0.5, 0.6) is 0 Å². The van der Waals surface area contributed by atoms with Crippen LogP contribution in [-0.2, 0) is 0 Å². The summed E-state index contributed by atoms with van der Waals surface area (Å²) < 4.78 is 1.00. The first kappa shape index (κ1) is 15.7. The van der Waals surface area contributed by atoms with Gasteiger partial charge in [0, 0.05) is 35.2 Å². The number of hydrogen-bond donors (Lipinski definition) is 0. The number of benzene rings is 1. The number of Topliss-reactive ketones (excluding diaryl/α,β-unsaturated/α-hetero) is 1. The van der Waals surface area contributed by atoms with E-state index in [0.717, 1.165) is 23.1 Å². The molecule has 0 amide bonds. The minimum Gasteiger partial charge on any atom is -0.298 e. The molecular weight excluding hydrogens is 316 g/mol. The number of ketones is 1. The van der Waals surface area contributed by atoms with Crippen LogP contribution in [0.15, 0.2) is 28.7 Å². The maximum atomic E-state index is 12.6. The smallest absolute Gasteiger partial charge is 0.179 e. The molecule has 0 saturated carbocycles. The van der Waals surface area contributed by atoms with E-state index in [9.17, 15) is 4.79 Å².